The Morgan fingerprint density at radius 3 is 2.22 bits per heavy atom. The van der Waals surface area contributed by atoms with Gasteiger partial charge < -0.3 is 0 Å². The van der Waals surface area contributed by atoms with Gasteiger partial charge in [-0.15, -0.1) is 0 Å². The highest BCUT2D eigenvalue weighted by molar-refractivity contribution is 4.96. The minimum Gasteiger partial charge on any atom is -0.285 e. The molecular formula is C7H14N2. The summed E-state index contributed by atoms with van der Waals surface area (Å²) in [7, 11) is 0. The van der Waals surface area contributed by atoms with Crippen LogP contribution in [0.3, 0.4) is 0 Å². The zero-order valence-electron chi connectivity index (χ0n) is 6.31. The van der Waals surface area contributed by atoms with Crippen molar-refractivity contribution in [3.8, 4) is 0 Å². The maximum absolute atomic E-state index is 3.70. The van der Waals surface area contributed by atoms with Crippen LogP contribution < -0.4 is 0 Å². The third-order valence-electron chi connectivity index (χ3n) is 0.635. The molecule has 0 amide bonds. The van der Waals surface area contributed by atoms with Crippen molar-refractivity contribution >= 4 is 0 Å². The molecule has 0 aromatic carbocycles. The topological polar surface area (TPSA) is 28.7 Å². The number of hydrogen-bond donors (Lipinski definition) is 1. The maximum atomic E-state index is 3.70. The van der Waals surface area contributed by atoms with Crippen LogP contribution in [-0.2, 0) is 0 Å². The van der Waals surface area contributed by atoms with Gasteiger partial charge in [-0.05, 0) is 12.5 Å². The van der Waals surface area contributed by atoms with Gasteiger partial charge in [0, 0.05) is 6.20 Å². The summed E-state index contributed by atoms with van der Waals surface area (Å²) in [4.78, 5) is 0. The Hall–Kier alpha value is -0.790. The van der Waals surface area contributed by atoms with Crippen molar-refractivity contribution in [1.29, 1.82) is 0 Å². The molecule has 52 valence electrons. The average Bonchev–Trinajstić information content (AvgIpc) is 2.20. The first-order valence-electron chi connectivity index (χ1n) is 3.26. The molecule has 1 N–H and O–H groups in total. The van der Waals surface area contributed by atoms with Crippen LogP contribution in [0.2, 0.25) is 0 Å². The minimum atomic E-state index is 1.18. The first kappa shape index (κ1) is 8.21. The van der Waals surface area contributed by atoms with Gasteiger partial charge in [0.15, 0.2) is 0 Å². The van der Waals surface area contributed by atoms with E-state index in [2.05, 4.69) is 24.0 Å². The molecule has 1 rings (SSSR count). The molecule has 0 fully saturated rings. The van der Waals surface area contributed by atoms with Gasteiger partial charge in [0.1, 0.15) is 0 Å². The van der Waals surface area contributed by atoms with Crippen molar-refractivity contribution < 1.29 is 0 Å². The minimum absolute atomic E-state index is 1.18. The van der Waals surface area contributed by atoms with Crippen molar-refractivity contribution in [3.63, 3.8) is 0 Å². The summed E-state index contributed by atoms with van der Waals surface area (Å²) in [6.45, 7) is 6.24. The molecular weight excluding hydrogens is 112 g/mol. The standard InChI is InChI=1S/C4H6N2.C3H8/c1-4-2-5-6-3-4;1-3-2/h2-3H,1H3,(H,5,6);3H2,1-2H3. The van der Waals surface area contributed by atoms with Gasteiger partial charge in [-0.3, -0.25) is 5.10 Å². The average molecular weight is 126 g/mol. The molecule has 2 nitrogen and oxygen atoms in total. The molecule has 0 saturated heterocycles. The first-order chi connectivity index (χ1) is 4.31. The van der Waals surface area contributed by atoms with Crippen LogP contribution in [0.4, 0.5) is 0 Å². The van der Waals surface area contributed by atoms with E-state index in [0.29, 0.717) is 0 Å². The molecule has 0 aliphatic rings. The van der Waals surface area contributed by atoms with Gasteiger partial charge in [-0.1, -0.05) is 20.3 Å². The molecule has 0 aliphatic carbocycles. The number of H-pyrrole nitrogens is 1. The maximum Gasteiger partial charge on any atom is 0.0516 e. The lowest BCUT2D eigenvalue weighted by Gasteiger charge is -1.62. The van der Waals surface area contributed by atoms with E-state index >= 15 is 0 Å². The third kappa shape index (κ3) is 5.07. The number of nitrogens with one attached hydrogen (secondary N) is 1. The van der Waals surface area contributed by atoms with Crippen molar-refractivity contribution in [2.45, 2.75) is 27.2 Å². The lowest BCUT2D eigenvalue weighted by Crippen LogP contribution is -1.53. The predicted molar refractivity (Wildman–Crippen MR) is 39.3 cm³/mol. The summed E-state index contributed by atoms with van der Waals surface area (Å²) in [6.07, 6.45) is 4.88. The van der Waals surface area contributed by atoms with E-state index in [0.717, 1.165) is 0 Å². The molecule has 0 aliphatic heterocycles. The monoisotopic (exact) mass is 126 g/mol. The van der Waals surface area contributed by atoms with Crippen LogP contribution >= 0.6 is 0 Å². The second-order valence-electron chi connectivity index (χ2n) is 1.98. The van der Waals surface area contributed by atoms with Crippen LogP contribution in [0.15, 0.2) is 12.4 Å². The predicted octanol–water partition coefficient (Wildman–Crippen LogP) is 2.13. The molecule has 0 bridgehead atoms. The van der Waals surface area contributed by atoms with Crippen LogP contribution in [0, 0.1) is 6.92 Å². The highest BCUT2D eigenvalue weighted by Crippen LogP contribution is 1.84. The van der Waals surface area contributed by atoms with Crippen molar-refractivity contribution in [2.75, 3.05) is 0 Å². The van der Waals surface area contributed by atoms with E-state index in [4.69, 9.17) is 0 Å². The van der Waals surface area contributed by atoms with E-state index in [1.165, 1.54) is 12.0 Å². The number of hydrogen-bond acceptors (Lipinski definition) is 1. The van der Waals surface area contributed by atoms with Gasteiger partial charge >= 0.3 is 0 Å². The third-order valence-corrected chi connectivity index (χ3v) is 0.635. The second kappa shape index (κ2) is 5.35. The smallest absolute Gasteiger partial charge is 0.0516 e. The lowest BCUT2D eigenvalue weighted by molar-refractivity contribution is 1.09. The summed E-state index contributed by atoms with van der Waals surface area (Å²) >= 11 is 0. The van der Waals surface area contributed by atoms with Crippen LogP contribution in [0.5, 0.6) is 0 Å². The summed E-state index contributed by atoms with van der Waals surface area (Å²) in [5.41, 5.74) is 1.18. The Balaban J connectivity index is 0.000000187. The number of aromatic amines is 1. The van der Waals surface area contributed by atoms with Crippen molar-refractivity contribution in [2.24, 2.45) is 0 Å². The molecule has 1 heterocycles. The Bertz CT molecular complexity index is 121. The highest BCUT2D eigenvalue weighted by Gasteiger charge is 1.74. The number of aromatic nitrogens is 2. The fourth-order valence-electron chi connectivity index (χ4n) is 0.315. The molecule has 2 heteroatoms. The summed E-state index contributed by atoms with van der Waals surface area (Å²) in [5.74, 6) is 0. The first-order valence-corrected chi connectivity index (χ1v) is 3.26. The molecule has 1 aromatic rings. The van der Waals surface area contributed by atoms with Gasteiger partial charge in [0.2, 0.25) is 0 Å². The lowest BCUT2D eigenvalue weighted by atomic mass is 10.4. The van der Waals surface area contributed by atoms with Crippen molar-refractivity contribution in [1.82, 2.24) is 10.2 Å². The zero-order valence-corrected chi connectivity index (χ0v) is 6.31. The van der Waals surface area contributed by atoms with E-state index in [9.17, 15) is 0 Å². The summed E-state index contributed by atoms with van der Waals surface area (Å²) in [6, 6.07) is 0. The number of nitrogens with zero attached hydrogens (tertiary/aromatic N) is 1. The van der Waals surface area contributed by atoms with Gasteiger partial charge in [-0.2, -0.15) is 5.10 Å². The molecule has 0 atom stereocenters. The van der Waals surface area contributed by atoms with Gasteiger partial charge in [-0.25, -0.2) is 0 Å². The van der Waals surface area contributed by atoms with E-state index in [1.807, 2.05) is 13.1 Å². The number of aryl methyl sites for hydroxylation is 1. The van der Waals surface area contributed by atoms with Crippen LogP contribution in [0.1, 0.15) is 25.8 Å². The fraction of sp³-hybridized carbons (Fsp3) is 0.571. The largest absolute Gasteiger partial charge is 0.285 e. The Labute approximate surface area is 56.3 Å². The normalized spacial score (nSPS) is 7.89. The molecule has 0 radical (unpaired) electrons. The van der Waals surface area contributed by atoms with E-state index < -0.39 is 0 Å². The molecule has 1 aromatic heterocycles. The summed E-state index contributed by atoms with van der Waals surface area (Å²) in [5, 5.41) is 6.38. The Kier molecular flexibility index (Phi) is 4.88. The summed E-state index contributed by atoms with van der Waals surface area (Å²) < 4.78 is 0. The van der Waals surface area contributed by atoms with Crippen molar-refractivity contribution in [3.05, 3.63) is 18.0 Å². The van der Waals surface area contributed by atoms with Crippen LogP contribution in [-0.4, -0.2) is 10.2 Å². The Morgan fingerprint density at radius 1 is 1.56 bits per heavy atom. The molecule has 0 spiro atoms. The van der Waals surface area contributed by atoms with E-state index in [-0.39, 0.29) is 0 Å². The second-order valence-corrected chi connectivity index (χ2v) is 1.98. The zero-order chi connectivity index (χ0) is 7.11. The van der Waals surface area contributed by atoms with Crippen LogP contribution in [0.25, 0.3) is 0 Å². The molecule has 9 heavy (non-hydrogen) atoms. The quantitative estimate of drug-likeness (QED) is 0.566. The van der Waals surface area contributed by atoms with E-state index in [1.54, 1.807) is 6.20 Å². The fourth-order valence-corrected chi connectivity index (χ4v) is 0.315. The SMILES string of the molecule is CCC.Cc1cn[nH]c1. The Morgan fingerprint density at radius 2 is 2.11 bits per heavy atom. The molecule has 0 unspecified atom stereocenters. The van der Waals surface area contributed by atoms with Gasteiger partial charge in [0.25, 0.3) is 0 Å². The highest BCUT2D eigenvalue weighted by atomic mass is 15.1. The number of rotatable bonds is 0. The molecule has 0 saturated carbocycles. The van der Waals surface area contributed by atoms with Gasteiger partial charge in [0.05, 0.1) is 6.20 Å².